The normalized spacial score (nSPS) is 32.0. The molecule has 2 saturated carbocycles. The number of furan rings is 1. The van der Waals surface area contributed by atoms with E-state index in [1.54, 1.807) is 6.26 Å². The lowest BCUT2D eigenvalue weighted by atomic mass is 9.77. The molecule has 2 amide bonds. The molecule has 0 saturated heterocycles. The van der Waals surface area contributed by atoms with Crippen molar-refractivity contribution >= 4 is 22.9 Å². The number of hydrogen-bond acceptors (Lipinski definition) is 3. The van der Waals surface area contributed by atoms with Gasteiger partial charge in [-0.25, -0.2) is 0 Å². The van der Waals surface area contributed by atoms with Gasteiger partial charge in [0.25, 0.3) is 5.91 Å². The summed E-state index contributed by atoms with van der Waals surface area (Å²) in [4.78, 5) is 29.9. The summed E-state index contributed by atoms with van der Waals surface area (Å²) in [7, 11) is 0. The molecule has 0 radical (unpaired) electrons. The van der Waals surface area contributed by atoms with Gasteiger partial charge in [-0.2, -0.15) is 0 Å². The van der Waals surface area contributed by atoms with Crippen LogP contribution in [0.4, 0.5) is 0 Å². The molecule has 5 rings (SSSR count). The lowest BCUT2D eigenvalue weighted by Crippen LogP contribution is -2.67. The third kappa shape index (κ3) is 3.46. The Kier molecular flexibility index (Phi) is 5.58. The molecule has 0 spiro atoms. The van der Waals surface area contributed by atoms with Crippen molar-refractivity contribution in [1.29, 1.82) is 0 Å². The molecule has 2 aliphatic carbocycles. The first-order chi connectivity index (χ1) is 15.4. The van der Waals surface area contributed by atoms with E-state index in [-0.39, 0.29) is 23.9 Å². The molecule has 6 heteroatoms. The van der Waals surface area contributed by atoms with Gasteiger partial charge in [0.2, 0.25) is 5.91 Å². The number of fused-ring (bicyclic) bond motifs is 3. The highest BCUT2D eigenvalue weighted by molar-refractivity contribution is 6.03. The van der Waals surface area contributed by atoms with Crippen LogP contribution in [0.5, 0.6) is 0 Å². The van der Waals surface area contributed by atoms with Gasteiger partial charge >= 0.3 is 0 Å². The molecule has 6 nitrogen and oxygen atoms in total. The van der Waals surface area contributed by atoms with Crippen LogP contribution in [-0.2, 0) is 11.3 Å². The summed E-state index contributed by atoms with van der Waals surface area (Å²) >= 11 is 0. The summed E-state index contributed by atoms with van der Waals surface area (Å²) in [6.45, 7) is 6.99. The zero-order valence-electron chi connectivity index (χ0n) is 19.7. The lowest BCUT2D eigenvalue weighted by Gasteiger charge is -2.49. The van der Waals surface area contributed by atoms with Crippen molar-refractivity contribution in [3.05, 3.63) is 24.1 Å². The Morgan fingerprint density at radius 2 is 1.84 bits per heavy atom. The fourth-order valence-corrected chi connectivity index (χ4v) is 6.43. The van der Waals surface area contributed by atoms with Gasteiger partial charge in [-0.1, -0.05) is 52.4 Å². The SMILES string of the molecule is C[C@H]1[C@H](C)CCC[C@@H]1NC(=O)[C@]1(C)Cn2c(cc3occc32)C(=O)N1C1CCCCCC1. The highest BCUT2D eigenvalue weighted by atomic mass is 16.3. The van der Waals surface area contributed by atoms with Gasteiger partial charge < -0.3 is 19.2 Å². The molecule has 2 fully saturated rings. The average molecular weight is 440 g/mol. The first-order valence-electron chi connectivity index (χ1n) is 12.6. The average Bonchev–Trinajstić information content (AvgIpc) is 3.25. The van der Waals surface area contributed by atoms with Gasteiger partial charge in [-0.3, -0.25) is 9.59 Å². The van der Waals surface area contributed by atoms with Crippen LogP contribution in [0.25, 0.3) is 11.1 Å². The summed E-state index contributed by atoms with van der Waals surface area (Å²) in [5.41, 5.74) is 1.34. The molecule has 2 aromatic rings. The minimum Gasteiger partial charge on any atom is -0.463 e. The third-order valence-corrected chi connectivity index (χ3v) is 8.66. The van der Waals surface area contributed by atoms with Crippen molar-refractivity contribution in [1.82, 2.24) is 14.8 Å². The van der Waals surface area contributed by atoms with Crippen molar-refractivity contribution in [2.75, 3.05) is 0 Å². The minimum absolute atomic E-state index is 0.00274. The third-order valence-electron chi connectivity index (χ3n) is 8.66. The predicted molar refractivity (Wildman–Crippen MR) is 124 cm³/mol. The van der Waals surface area contributed by atoms with Crippen LogP contribution in [0.2, 0.25) is 0 Å². The Morgan fingerprint density at radius 1 is 1.09 bits per heavy atom. The van der Waals surface area contributed by atoms with Crippen LogP contribution in [-0.4, -0.2) is 38.9 Å². The number of hydrogen-bond donors (Lipinski definition) is 1. The predicted octanol–water partition coefficient (Wildman–Crippen LogP) is 5.11. The number of amides is 2. The Labute approximate surface area is 190 Å². The number of carbonyl (C=O) groups is 2. The molecule has 3 heterocycles. The molecular weight excluding hydrogens is 402 g/mol. The largest absolute Gasteiger partial charge is 0.463 e. The summed E-state index contributed by atoms with van der Waals surface area (Å²) in [5.74, 6) is 1.02. The maximum atomic E-state index is 14.0. The molecule has 3 aliphatic rings. The van der Waals surface area contributed by atoms with Gasteiger partial charge in [-0.05, 0) is 38.0 Å². The van der Waals surface area contributed by atoms with Gasteiger partial charge in [-0.15, -0.1) is 0 Å². The topological polar surface area (TPSA) is 67.5 Å². The molecule has 32 heavy (non-hydrogen) atoms. The molecule has 4 atom stereocenters. The lowest BCUT2D eigenvalue weighted by molar-refractivity contribution is -0.136. The zero-order chi connectivity index (χ0) is 22.5. The summed E-state index contributed by atoms with van der Waals surface area (Å²) in [6, 6.07) is 4.04. The molecule has 2 aromatic heterocycles. The fourth-order valence-electron chi connectivity index (χ4n) is 6.43. The van der Waals surface area contributed by atoms with E-state index < -0.39 is 5.54 Å². The molecule has 0 bridgehead atoms. The standard InChI is InChI=1S/C26H37N3O3/c1-17-9-8-12-20(18(17)2)27-25(31)26(3)16-28-21-13-14-32-23(21)15-22(28)24(30)29(26)19-10-6-4-5-7-11-19/h13-15,17-20H,4-12,16H2,1-3H3,(H,27,31)/t17-,18+,20+,26+/m1/s1. The Hall–Kier alpha value is -2.24. The van der Waals surface area contributed by atoms with Crippen molar-refractivity contribution in [3.63, 3.8) is 0 Å². The smallest absolute Gasteiger partial charge is 0.271 e. The van der Waals surface area contributed by atoms with Crippen LogP contribution >= 0.6 is 0 Å². The van der Waals surface area contributed by atoms with E-state index in [9.17, 15) is 9.59 Å². The molecule has 0 unspecified atom stereocenters. The highest BCUT2D eigenvalue weighted by Gasteiger charge is 2.51. The van der Waals surface area contributed by atoms with E-state index in [4.69, 9.17) is 4.42 Å². The molecule has 1 N–H and O–H groups in total. The van der Waals surface area contributed by atoms with E-state index in [0.717, 1.165) is 44.0 Å². The number of aromatic nitrogens is 1. The fraction of sp³-hybridized carbons (Fsp3) is 0.692. The maximum Gasteiger partial charge on any atom is 0.271 e. The van der Waals surface area contributed by atoms with Crippen LogP contribution in [0.1, 0.15) is 89.0 Å². The van der Waals surface area contributed by atoms with Gasteiger partial charge in [0.1, 0.15) is 11.2 Å². The maximum absolute atomic E-state index is 14.0. The van der Waals surface area contributed by atoms with E-state index in [2.05, 4.69) is 19.2 Å². The number of nitrogens with zero attached hydrogens (tertiary/aromatic N) is 2. The molecule has 1 aliphatic heterocycles. The second kappa shape index (κ2) is 8.27. The van der Waals surface area contributed by atoms with Gasteiger partial charge in [0.05, 0.1) is 18.3 Å². The summed E-state index contributed by atoms with van der Waals surface area (Å²) in [6.07, 6.45) is 11.7. The first kappa shape index (κ1) is 21.6. The molecular formula is C26H37N3O3. The quantitative estimate of drug-likeness (QED) is 0.676. The Morgan fingerprint density at radius 3 is 2.59 bits per heavy atom. The number of carbonyl (C=O) groups excluding carboxylic acids is 2. The molecule has 0 aromatic carbocycles. The monoisotopic (exact) mass is 439 g/mol. The van der Waals surface area contributed by atoms with Crippen molar-refractivity contribution in [2.24, 2.45) is 11.8 Å². The van der Waals surface area contributed by atoms with Gasteiger partial charge in [0.15, 0.2) is 5.58 Å². The minimum atomic E-state index is -0.914. The van der Waals surface area contributed by atoms with E-state index in [0.29, 0.717) is 29.7 Å². The number of rotatable bonds is 3. The summed E-state index contributed by atoms with van der Waals surface area (Å²) in [5, 5.41) is 3.41. The molecule has 174 valence electrons. The summed E-state index contributed by atoms with van der Waals surface area (Å²) < 4.78 is 7.60. The van der Waals surface area contributed by atoms with Crippen molar-refractivity contribution < 1.29 is 14.0 Å². The van der Waals surface area contributed by atoms with E-state index in [1.165, 1.54) is 19.3 Å². The Balaban J connectivity index is 1.52. The second-order valence-electron chi connectivity index (χ2n) is 10.7. The van der Waals surface area contributed by atoms with Crippen LogP contribution in [0.15, 0.2) is 22.8 Å². The zero-order valence-corrected chi connectivity index (χ0v) is 19.7. The second-order valence-corrected chi connectivity index (χ2v) is 10.7. The first-order valence-corrected chi connectivity index (χ1v) is 12.6. The van der Waals surface area contributed by atoms with Crippen LogP contribution < -0.4 is 5.32 Å². The van der Waals surface area contributed by atoms with E-state index in [1.807, 2.05) is 28.5 Å². The van der Waals surface area contributed by atoms with Crippen molar-refractivity contribution in [2.45, 2.75) is 103 Å². The van der Waals surface area contributed by atoms with Crippen LogP contribution in [0, 0.1) is 11.8 Å². The van der Waals surface area contributed by atoms with Crippen LogP contribution in [0.3, 0.4) is 0 Å². The Bertz CT molecular complexity index is 999. The van der Waals surface area contributed by atoms with Crippen molar-refractivity contribution in [3.8, 4) is 0 Å². The number of nitrogens with one attached hydrogen (secondary N) is 1. The highest BCUT2D eigenvalue weighted by Crippen LogP contribution is 2.38. The van der Waals surface area contributed by atoms with Gasteiger partial charge in [0, 0.05) is 24.2 Å². The van der Waals surface area contributed by atoms with E-state index >= 15 is 0 Å².